The van der Waals surface area contributed by atoms with E-state index in [4.69, 9.17) is 9.47 Å². The van der Waals surface area contributed by atoms with Gasteiger partial charge in [-0.15, -0.1) is 0 Å². The third-order valence-electron chi connectivity index (χ3n) is 7.43. The molecular formula is C34H35O7P. The van der Waals surface area contributed by atoms with Crippen molar-refractivity contribution in [2.45, 2.75) is 54.8 Å². The lowest BCUT2D eigenvalue weighted by Gasteiger charge is -2.23. The minimum atomic E-state index is -4.49. The van der Waals surface area contributed by atoms with Crippen LogP contribution in [0.1, 0.15) is 65.2 Å². The highest BCUT2D eigenvalue weighted by Crippen LogP contribution is 2.53. The number of carbonyl (C=O) groups is 4. The predicted octanol–water partition coefficient (Wildman–Crippen LogP) is 6.66. The maximum Gasteiger partial charge on any atom is 0.330 e. The van der Waals surface area contributed by atoms with Gasteiger partial charge in [0, 0.05) is 28.6 Å². The number of hydrogen-bond acceptors (Lipinski definition) is 7. The first-order valence-corrected chi connectivity index (χ1v) is 15.0. The molecule has 8 heteroatoms. The molecule has 0 saturated heterocycles. The van der Waals surface area contributed by atoms with Crippen LogP contribution in [0.3, 0.4) is 0 Å². The zero-order valence-electron chi connectivity index (χ0n) is 24.8. The molecular weight excluding hydrogens is 551 g/mol. The van der Waals surface area contributed by atoms with Gasteiger partial charge in [-0.2, -0.15) is 0 Å². The largest absolute Gasteiger partial charge is 0.458 e. The lowest BCUT2D eigenvalue weighted by atomic mass is 9.94. The Morgan fingerprint density at radius 1 is 0.667 bits per heavy atom. The normalized spacial score (nSPS) is 11.0. The molecule has 3 rings (SSSR count). The van der Waals surface area contributed by atoms with Crippen molar-refractivity contribution in [2.24, 2.45) is 0 Å². The molecule has 0 heterocycles. The van der Waals surface area contributed by atoms with E-state index in [-0.39, 0.29) is 29.6 Å². The highest BCUT2D eigenvalue weighted by Gasteiger charge is 2.45. The molecule has 3 aromatic rings. The SMILES string of the molecule is C=CC(=O)OCc1c(C)cc(C)c(C(=O)P(=O)(C(=O)c2c(C)cc(C)c(COC(=O)C=C)c2C)c2ccccc2)c1C. The van der Waals surface area contributed by atoms with E-state index in [1.54, 1.807) is 58.0 Å². The van der Waals surface area contributed by atoms with Gasteiger partial charge in [-0.25, -0.2) is 9.59 Å². The summed E-state index contributed by atoms with van der Waals surface area (Å²) in [4.78, 5) is 52.6. The molecule has 0 spiro atoms. The molecule has 0 amide bonds. The summed E-state index contributed by atoms with van der Waals surface area (Å²) in [6.45, 7) is 17.1. The smallest absolute Gasteiger partial charge is 0.330 e. The summed E-state index contributed by atoms with van der Waals surface area (Å²) in [6.07, 6.45) is 2.10. The average molecular weight is 587 g/mol. The second kappa shape index (κ2) is 13.1. The quantitative estimate of drug-likeness (QED) is 0.141. The second-order valence-electron chi connectivity index (χ2n) is 10.2. The van der Waals surface area contributed by atoms with Crippen LogP contribution >= 0.6 is 7.14 Å². The van der Waals surface area contributed by atoms with E-state index < -0.39 is 30.1 Å². The first kappa shape index (κ1) is 32.2. The van der Waals surface area contributed by atoms with Crippen LogP contribution in [0.25, 0.3) is 0 Å². The van der Waals surface area contributed by atoms with Crippen molar-refractivity contribution in [3.63, 3.8) is 0 Å². The highest BCUT2D eigenvalue weighted by molar-refractivity contribution is 8.01. The number of rotatable bonds is 11. The van der Waals surface area contributed by atoms with E-state index in [1.807, 2.05) is 13.8 Å². The third-order valence-corrected chi connectivity index (χ3v) is 10.0. The van der Waals surface area contributed by atoms with E-state index in [9.17, 15) is 19.2 Å². The Kier molecular flexibility index (Phi) is 10.0. The summed E-state index contributed by atoms with van der Waals surface area (Å²) in [5, 5.41) is 0.109. The second-order valence-corrected chi connectivity index (χ2v) is 12.7. The maximum absolute atomic E-state index is 15.1. The minimum absolute atomic E-state index is 0.109. The van der Waals surface area contributed by atoms with Gasteiger partial charge in [0.2, 0.25) is 18.2 Å². The van der Waals surface area contributed by atoms with Gasteiger partial charge < -0.3 is 14.0 Å². The Bertz CT molecular complexity index is 1560. The Hall–Kier alpha value is -4.35. The van der Waals surface area contributed by atoms with Crippen LogP contribution in [0, 0.1) is 41.5 Å². The van der Waals surface area contributed by atoms with Crippen LogP contribution in [-0.2, 0) is 36.8 Å². The van der Waals surface area contributed by atoms with E-state index in [2.05, 4.69) is 13.2 Å². The molecule has 0 bridgehead atoms. The third kappa shape index (κ3) is 6.12. The fraction of sp³-hybridized carbons (Fsp3) is 0.235. The van der Waals surface area contributed by atoms with Crippen LogP contribution in [0.15, 0.2) is 67.8 Å². The minimum Gasteiger partial charge on any atom is -0.458 e. The topological polar surface area (TPSA) is 104 Å². The standard InChI is InChI=1S/C34H35O7P/c1-9-29(35)40-18-27-20(3)16-22(5)31(24(27)7)33(37)42(39,26-14-12-11-13-15-26)34(38)32-23(6)17-21(4)28(25(32)8)19-41-30(36)10-2/h9-17H,1-2,18-19H2,3-8H3. The Morgan fingerprint density at radius 2 is 1.05 bits per heavy atom. The zero-order valence-corrected chi connectivity index (χ0v) is 25.7. The van der Waals surface area contributed by atoms with Crippen LogP contribution < -0.4 is 5.30 Å². The molecule has 0 atom stereocenters. The van der Waals surface area contributed by atoms with Crippen molar-refractivity contribution in [1.82, 2.24) is 0 Å². The molecule has 0 saturated carbocycles. The summed E-state index contributed by atoms with van der Waals surface area (Å²) in [7, 11) is -4.49. The lowest BCUT2D eigenvalue weighted by molar-refractivity contribution is -0.139. The summed E-state index contributed by atoms with van der Waals surface area (Å²) >= 11 is 0. The van der Waals surface area contributed by atoms with Crippen molar-refractivity contribution in [2.75, 3.05) is 0 Å². The van der Waals surface area contributed by atoms with Gasteiger partial charge in [-0.05, 0) is 86.1 Å². The summed E-state index contributed by atoms with van der Waals surface area (Å²) in [5.41, 5.74) is 3.47. The first-order chi connectivity index (χ1) is 19.8. The van der Waals surface area contributed by atoms with Crippen molar-refractivity contribution in [3.05, 3.63) is 123 Å². The predicted molar refractivity (Wildman–Crippen MR) is 164 cm³/mol. The summed E-state index contributed by atoms with van der Waals surface area (Å²) in [6, 6.07) is 11.5. The van der Waals surface area contributed by atoms with Gasteiger partial charge in [0.05, 0.1) is 0 Å². The van der Waals surface area contributed by atoms with Gasteiger partial charge in [0.1, 0.15) is 13.2 Å². The van der Waals surface area contributed by atoms with Crippen molar-refractivity contribution >= 4 is 35.4 Å². The van der Waals surface area contributed by atoms with E-state index >= 15 is 4.57 Å². The van der Waals surface area contributed by atoms with Gasteiger partial charge in [-0.3, -0.25) is 9.59 Å². The number of esters is 2. The van der Waals surface area contributed by atoms with Gasteiger partial charge in [-0.1, -0.05) is 55.6 Å². The van der Waals surface area contributed by atoms with Crippen LogP contribution in [0.5, 0.6) is 0 Å². The number of ether oxygens (including phenoxy) is 2. The molecule has 0 fully saturated rings. The fourth-order valence-corrected chi connectivity index (χ4v) is 7.80. The molecule has 218 valence electrons. The van der Waals surface area contributed by atoms with E-state index in [0.717, 1.165) is 23.3 Å². The van der Waals surface area contributed by atoms with Crippen LogP contribution in [0.2, 0.25) is 0 Å². The van der Waals surface area contributed by atoms with Crippen LogP contribution in [0.4, 0.5) is 0 Å². The van der Waals surface area contributed by atoms with Gasteiger partial charge in [0.25, 0.3) is 0 Å². The molecule has 0 N–H and O–H groups in total. The molecule has 0 aliphatic carbocycles. The number of aryl methyl sites for hydroxylation is 4. The Balaban J connectivity index is 2.27. The van der Waals surface area contributed by atoms with Crippen molar-refractivity contribution in [3.8, 4) is 0 Å². The molecule has 0 aliphatic heterocycles. The zero-order chi connectivity index (χ0) is 31.4. The number of benzene rings is 3. The van der Waals surface area contributed by atoms with Gasteiger partial charge in [0.15, 0.2) is 0 Å². The molecule has 3 aromatic carbocycles. The average Bonchev–Trinajstić information content (AvgIpc) is 2.95. The number of hydrogen-bond donors (Lipinski definition) is 0. The lowest BCUT2D eigenvalue weighted by Crippen LogP contribution is -2.24. The molecule has 0 aromatic heterocycles. The van der Waals surface area contributed by atoms with Gasteiger partial charge >= 0.3 is 11.9 Å². The van der Waals surface area contributed by atoms with Crippen LogP contribution in [-0.4, -0.2) is 23.0 Å². The fourth-order valence-electron chi connectivity index (χ4n) is 5.24. The molecule has 7 nitrogen and oxygen atoms in total. The molecule has 42 heavy (non-hydrogen) atoms. The highest BCUT2D eigenvalue weighted by atomic mass is 31.2. The van der Waals surface area contributed by atoms with E-state index in [0.29, 0.717) is 33.4 Å². The molecule has 0 unspecified atom stereocenters. The Morgan fingerprint density at radius 3 is 1.40 bits per heavy atom. The molecule has 0 radical (unpaired) electrons. The monoisotopic (exact) mass is 586 g/mol. The van der Waals surface area contributed by atoms with Crippen molar-refractivity contribution < 1.29 is 33.2 Å². The number of carbonyl (C=O) groups excluding carboxylic acids is 4. The van der Waals surface area contributed by atoms with Crippen molar-refractivity contribution in [1.29, 1.82) is 0 Å². The Labute approximate surface area is 246 Å². The summed E-state index contributed by atoms with van der Waals surface area (Å²) in [5.74, 6) is -1.24. The first-order valence-electron chi connectivity index (χ1n) is 13.3. The maximum atomic E-state index is 15.1. The molecule has 0 aliphatic rings. The van der Waals surface area contributed by atoms with E-state index in [1.165, 1.54) is 12.1 Å². The summed E-state index contributed by atoms with van der Waals surface area (Å²) < 4.78 is 25.7.